The summed E-state index contributed by atoms with van der Waals surface area (Å²) in [6.45, 7) is 7.42. The molecule has 0 bridgehead atoms. The number of hydrogen-bond acceptors (Lipinski definition) is 3. The highest BCUT2D eigenvalue weighted by Gasteiger charge is 2.22. The lowest BCUT2D eigenvalue weighted by molar-refractivity contribution is 0.171. The molecule has 1 aliphatic rings. The summed E-state index contributed by atoms with van der Waals surface area (Å²) >= 11 is 0. The van der Waals surface area contributed by atoms with E-state index in [1.165, 1.54) is 38.8 Å². The number of likely N-dealkylation sites (tertiary alicyclic amines) is 1. The van der Waals surface area contributed by atoms with Crippen LogP contribution in [-0.2, 0) is 0 Å². The highest BCUT2D eigenvalue weighted by molar-refractivity contribution is 5.01. The molecule has 3 heteroatoms. The van der Waals surface area contributed by atoms with Crippen molar-refractivity contribution in [3.05, 3.63) is 0 Å². The SMILES string of the molecule is CCCC1CCN(CCC(C)(N)C#N)CC1. The molecule has 0 amide bonds. The topological polar surface area (TPSA) is 53.0 Å². The molecular formula is C13H25N3. The van der Waals surface area contributed by atoms with Crippen LogP contribution in [0.4, 0.5) is 0 Å². The maximum absolute atomic E-state index is 8.84. The summed E-state index contributed by atoms with van der Waals surface area (Å²) in [5.74, 6) is 0.932. The van der Waals surface area contributed by atoms with Gasteiger partial charge in [0.15, 0.2) is 0 Å². The summed E-state index contributed by atoms with van der Waals surface area (Å²) in [4.78, 5) is 2.45. The Balaban J connectivity index is 2.20. The van der Waals surface area contributed by atoms with Crippen molar-refractivity contribution >= 4 is 0 Å². The Kier molecular flexibility index (Phi) is 5.24. The van der Waals surface area contributed by atoms with Gasteiger partial charge in [0.05, 0.1) is 6.07 Å². The molecule has 0 aromatic carbocycles. The van der Waals surface area contributed by atoms with Gasteiger partial charge in [0.25, 0.3) is 0 Å². The third-order valence-electron chi connectivity index (χ3n) is 3.61. The van der Waals surface area contributed by atoms with Crippen molar-refractivity contribution in [2.45, 2.75) is 51.5 Å². The molecule has 16 heavy (non-hydrogen) atoms. The van der Waals surface area contributed by atoms with Crippen LogP contribution in [0.5, 0.6) is 0 Å². The van der Waals surface area contributed by atoms with Crippen LogP contribution in [0.25, 0.3) is 0 Å². The highest BCUT2D eigenvalue weighted by Crippen LogP contribution is 2.22. The van der Waals surface area contributed by atoms with Crippen LogP contribution in [0.1, 0.15) is 46.0 Å². The first-order valence-electron chi connectivity index (χ1n) is 6.50. The standard InChI is InChI=1S/C13H25N3/c1-3-4-12-5-8-16(9-6-12)10-7-13(2,15)11-14/h12H,3-10,15H2,1-2H3. The minimum absolute atomic E-state index is 0.653. The third kappa shape index (κ3) is 4.51. The van der Waals surface area contributed by atoms with Gasteiger partial charge in [-0.25, -0.2) is 0 Å². The van der Waals surface area contributed by atoms with Crippen molar-refractivity contribution in [2.75, 3.05) is 19.6 Å². The average Bonchev–Trinajstić information content (AvgIpc) is 2.29. The summed E-state index contributed by atoms with van der Waals surface area (Å²) < 4.78 is 0. The van der Waals surface area contributed by atoms with Gasteiger partial charge in [0.1, 0.15) is 5.54 Å². The molecule has 3 nitrogen and oxygen atoms in total. The van der Waals surface area contributed by atoms with E-state index in [0.717, 1.165) is 18.9 Å². The van der Waals surface area contributed by atoms with E-state index in [2.05, 4.69) is 17.9 Å². The lowest BCUT2D eigenvalue weighted by atomic mass is 9.92. The van der Waals surface area contributed by atoms with E-state index in [1.807, 2.05) is 6.92 Å². The zero-order valence-electron chi connectivity index (χ0n) is 10.7. The normalized spacial score (nSPS) is 22.6. The molecule has 1 heterocycles. The van der Waals surface area contributed by atoms with Gasteiger partial charge in [-0.3, -0.25) is 0 Å². The Hall–Kier alpha value is -0.590. The quantitative estimate of drug-likeness (QED) is 0.777. The second-order valence-electron chi connectivity index (χ2n) is 5.35. The fourth-order valence-electron chi connectivity index (χ4n) is 2.35. The first-order valence-corrected chi connectivity index (χ1v) is 6.50. The molecule has 0 aromatic heterocycles. The van der Waals surface area contributed by atoms with Gasteiger partial charge in [-0.1, -0.05) is 19.8 Å². The summed E-state index contributed by atoms with van der Waals surface area (Å²) in [6, 6.07) is 2.16. The van der Waals surface area contributed by atoms with Crippen LogP contribution in [0.3, 0.4) is 0 Å². The third-order valence-corrected chi connectivity index (χ3v) is 3.61. The number of nitrogens with zero attached hydrogens (tertiary/aromatic N) is 2. The van der Waals surface area contributed by atoms with Crippen molar-refractivity contribution in [1.82, 2.24) is 4.90 Å². The Bertz CT molecular complexity index is 234. The summed E-state index contributed by atoms with van der Waals surface area (Å²) in [7, 11) is 0. The second kappa shape index (κ2) is 6.22. The number of nitrogens with two attached hydrogens (primary N) is 1. The van der Waals surface area contributed by atoms with E-state index in [-0.39, 0.29) is 0 Å². The predicted octanol–water partition coefficient (Wildman–Crippen LogP) is 2.13. The maximum Gasteiger partial charge on any atom is 0.102 e. The highest BCUT2D eigenvalue weighted by atomic mass is 15.1. The van der Waals surface area contributed by atoms with Gasteiger partial charge in [-0.05, 0) is 45.2 Å². The van der Waals surface area contributed by atoms with E-state index >= 15 is 0 Å². The number of piperidine rings is 1. The number of hydrogen-bond donors (Lipinski definition) is 1. The lowest BCUT2D eigenvalue weighted by Gasteiger charge is -2.33. The monoisotopic (exact) mass is 223 g/mol. The molecule has 1 saturated heterocycles. The van der Waals surface area contributed by atoms with Crippen molar-refractivity contribution < 1.29 is 0 Å². The molecule has 2 N–H and O–H groups in total. The molecule has 92 valence electrons. The van der Waals surface area contributed by atoms with Crippen LogP contribution in [-0.4, -0.2) is 30.1 Å². The molecule has 0 spiro atoms. The molecule has 0 aliphatic carbocycles. The van der Waals surface area contributed by atoms with Gasteiger partial charge in [-0.2, -0.15) is 5.26 Å². The summed E-state index contributed by atoms with van der Waals surface area (Å²) in [5, 5.41) is 8.84. The lowest BCUT2D eigenvalue weighted by Crippen LogP contribution is -2.41. The minimum Gasteiger partial charge on any atom is -0.314 e. The van der Waals surface area contributed by atoms with Crippen molar-refractivity contribution in [3.63, 3.8) is 0 Å². The van der Waals surface area contributed by atoms with Crippen LogP contribution in [0.2, 0.25) is 0 Å². The maximum atomic E-state index is 8.84. The molecule has 0 saturated carbocycles. The Morgan fingerprint density at radius 2 is 2.06 bits per heavy atom. The van der Waals surface area contributed by atoms with Crippen LogP contribution < -0.4 is 5.73 Å². The van der Waals surface area contributed by atoms with Gasteiger partial charge in [0, 0.05) is 6.54 Å². The minimum atomic E-state index is -0.653. The Morgan fingerprint density at radius 3 is 2.56 bits per heavy atom. The van der Waals surface area contributed by atoms with E-state index in [4.69, 9.17) is 11.0 Å². The predicted molar refractivity (Wildman–Crippen MR) is 66.9 cm³/mol. The molecule has 1 atom stereocenters. The number of rotatable bonds is 5. The van der Waals surface area contributed by atoms with E-state index < -0.39 is 5.54 Å². The van der Waals surface area contributed by atoms with Gasteiger partial charge >= 0.3 is 0 Å². The first kappa shape index (κ1) is 13.5. The molecule has 0 aromatic rings. The summed E-state index contributed by atoms with van der Waals surface area (Å²) in [6.07, 6.45) is 6.10. The van der Waals surface area contributed by atoms with Crippen molar-refractivity contribution in [1.29, 1.82) is 5.26 Å². The summed E-state index contributed by atoms with van der Waals surface area (Å²) in [5.41, 5.74) is 5.17. The van der Waals surface area contributed by atoms with E-state index in [0.29, 0.717) is 0 Å². The van der Waals surface area contributed by atoms with Crippen molar-refractivity contribution in [2.24, 2.45) is 11.7 Å². The van der Waals surface area contributed by atoms with Gasteiger partial charge in [0.2, 0.25) is 0 Å². The average molecular weight is 223 g/mol. The molecule has 1 unspecified atom stereocenters. The fourth-order valence-corrected chi connectivity index (χ4v) is 2.35. The number of nitriles is 1. The Labute approximate surface area is 99.6 Å². The largest absolute Gasteiger partial charge is 0.314 e. The first-order chi connectivity index (χ1) is 7.57. The van der Waals surface area contributed by atoms with Crippen molar-refractivity contribution in [3.8, 4) is 6.07 Å². The molecule has 0 radical (unpaired) electrons. The van der Waals surface area contributed by atoms with Crippen LogP contribution in [0, 0.1) is 17.2 Å². The van der Waals surface area contributed by atoms with E-state index in [9.17, 15) is 0 Å². The smallest absolute Gasteiger partial charge is 0.102 e. The Morgan fingerprint density at radius 1 is 1.44 bits per heavy atom. The molecule has 1 aliphatic heterocycles. The molecule has 1 fully saturated rings. The molecular weight excluding hydrogens is 198 g/mol. The van der Waals surface area contributed by atoms with Gasteiger partial charge in [-0.15, -0.1) is 0 Å². The zero-order valence-corrected chi connectivity index (χ0v) is 10.7. The molecule has 1 rings (SSSR count). The second-order valence-corrected chi connectivity index (χ2v) is 5.35. The van der Waals surface area contributed by atoms with Crippen LogP contribution in [0.15, 0.2) is 0 Å². The van der Waals surface area contributed by atoms with E-state index in [1.54, 1.807) is 0 Å². The fraction of sp³-hybridized carbons (Fsp3) is 0.923. The zero-order chi connectivity index (χ0) is 12.0. The van der Waals surface area contributed by atoms with Crippen LogP contribution >= 0.6 is 0 Å². The van der Waals surface area contributed by atoms with Gasteiger partial charge < -0.3 is 10.6 Å².